The summed E-state index contributed by atoms with van der Waals surface area (Å²) in [5.74, 6) is -0.470. The van der Waals surface area contributed by atoms with Crippen molar-refractivity contribution in [3.05, 3.63) is 31.2 Å². The van der Waals surface area contributed by atoms with Gasteiger partial charge in [0.2, 0.25) is 0 Å². The highest BCUT2D eigenvalue weighted by molar-refractivity contribution is 6.46. The number of hydrogen-bond donors (Lipinski definition) is 1. The quantitative estimate of drug-likeness (QED) is 0.467. The Labute approximate surface area is 87.8 Å². The van der Waals surface area contributed by atoms with Crippen LogP contribution in [0.15, 0.2) is 6.07 Å². The van der Waals surface area contributed by atoms with Gasteiger partial charge in [-0.15, -0.1) is 0 Å². The van der Waals surface area contributed by atoms with Crippen LogP contribution in [0.2, 0.25) is 15.1 Å². The molecule has 4 nitrogen and oxygen atoms in total. The van der Waals surface area contributed by atoms with E-state index >= 15 is 0 Å². The molecule has 70 valence electrons. The van der Waals surface area contributed by atoms with Crippen molar-refractivity contribution in [2.45, 2.75) is 0 Å². The first-order chi connectivity index (χ1) is 5.95. The van der Waals surface area contributed by atoms with E-state index in [1.165, 1.54) is 0 Å². The Morgan fingerprint density at radius 3 is 2.31 bits per heavy atom. The number of phenols is 1. The molecule has 0 aliphatic heterocycles. The Bertz CT molecular complexity index is 354. The Hall–Kier alpha value is -0.710. The lowest BCUT2D eigenvalue weighted by Crippen LogP contribution is -1.91. The first-order valence-electron chi connectivity index (χ1n) is 2.96. The van der Waals surface area contributed by atoms with Crippen molar-refractivity contribution in [2.24, 2.45) is 0 Å². The van der Waals surface area contributed by atoms with Gasteiger partial charge in [-0.25, -0.2) is 0 Å². The molecule has 13 heavy (non-hydrogen) atoms. The predicted octanol–water partition coefficient (Wildman–Crippen LogP) is 3.26. The molecule has 0 atom stereocenters. The zero-order valence-electron chi connectivity index (χ0n) is 5.92. The number of benzene rings is 1. The summed E-state index contributed by atoms with van der Waals surface area (Å²) in [4.78, 5) is 9.60. The molecule has 0 saturated carbocycles. The van der Waals surface area contributed by atoms with E-state index in [9.17, 15) is 10.1 Å². The largest absolute Gasteiger partial charge is 0.506 e. The number of aromatic hydroxyl groups is 1. The summed E-state index contributed by atoms with van der Waals surface area (Å²) in [5, 5.41) is 18.7. The fraction of sp³-hybridized carbons (Fsp3) is 0. The van der Waals surface area contributed by atoms with Crippen LogP contribution in [0.1, 0.15) is 0 Å². The van der Waals surface area contributed by atoms with Crippen LogP contribution >= 0.6 is 34.8 Å². The topological polar surface area (TPSA) is 63.4 Å². The molecule has 0 amide bonds. The molecule has 0 aliphatic rings. The standard InChI is InChI=1S/C6H2Cl3NO3/c7-2-1-3(11)5(9)6(4(2)8)10(12)13/h1,11H. The lowest BCUT2D eigenvalue weighted by Gasteiger charge is -2.01. The average Bonchev–Trinajstić information content (AvgIpc) is 2.01. The predicted molar refractivity (Wildman–Crippen MR) is 49.8 cm³/mol. The molecule has 0 saturated heterocycles. The van der Waals surface area contributed by atoms with Gasteiger partial charge < -0.3 is 5.11 Å². The van der Waals surface area contributed by atoms with Crippen molar-refractivity contribution in [1.29, 1.82) is 0 Å². The van der Waals surface area contributed by atoms with Gasteiger partial charge in [0, 0.05) is 6.07 Å². The molecule has 0 spiro atoms. The Kier molecular flexibility index (Phi) is 2.85. The third kappa shape index (κ3) is 1.80. The maximum absolute atomic E-state index is 10.4. The highest BCUT2D eigenvalue weighted by Gasteiger charge is 2.23. The summed E-state index contributed by atoms with van der Waals surface area (Å²) in [7, 11) is 0. The molecule has 0 aromatic heterocycles. The van der Waals surface area contributed by atoms with Gasteiger partial charge in [0.15, 0.2) is 5.02 Å². The third-order valence-electron chi connectivity index (χ3n) is 1.30. The Morgan fingerprint density at radius 2 is 1.85 bits per heavy atom. The summed E-state index contributed by atoms with van der Waals surface area (Å²) in [6.45, 7) is 0. The van der Waals surface area contributed by atoms with E-state index in [1.54, 1.807) is 0 Å². The number of phenolic OH excluding ortho intramolecular Hbond substituents is 1. The van der Waals surface area contributed by atoms with Crippen LogP contribution in [0.5, 0.6) is 5.75 Å². The number of hydrogen-bond acceptors (Lipinski definition) is 3. The molecule has 1 aromatic carbocycles. The van der Waals surface area contributed by atoms with Gasteiger partial charge >= 0.3 is 5.69 Å². The zero-order chi connectivity index (χ0) is 10.2. The monoisotopic (exact) mass is 241 g/mol. The van der Waals surface area contributed by atoms with Crippen LogP contribution in [-0.4, -0.2) is 10.0 Å². The van der Waals surface area contributed by atoms with Gasteiger partial charge in [-0.05, 0) is 0 Å². The molecule has 1 rings (SSSR count). The maximum atomic E-state index is 10.4. The fourth-order valence-electron chi connectivity index (χ4n) is 0.738. The second kappa shape index (κ2) is 3.57. The minimum absolute atomic E-state index is 0.115. The van der Waals surface area contributed by atoms with Crippen molar-refractivity contribution in [3.8, 4) is 5.75 Å². The van der Waals surface area contributed by atoms with Gasteiger partial charge in [0.1, 0.15) is 10.8 Å². The molecule has 0 unspecified atom stereocenters. The van der Waals surface area contributed by atoms with Gasteiger partial charge in [-0.1, -0.05) is 34.8 Å². The van der Waals surface area contributed by atoms with E-state index in [-0.39, 0.29) is 10.0 Å². The lowest BCUT2D eigenvalue weighted by molar-refractivity contribution is -0.384. The van der Waals surface area contributed by atoms with Gasteiger partial charge in [0.25, 0.3) is 0 Å². The number of nitro benzene ring substituents is 1. The average molecular weight is 242 g/mol. The van der Waals surface area contributed by atoms with Crippen LogP contribution in [0.25, 0.3) is 0 Å². The minimum atomic E-state index is -0.809. The molecule has 0 fully saturated rings. The first-order valence-corrected chi connectivity index (χ1v) is 4.09. The maximum Gasteiger partial charge on any atom is 0.311 e. The highest BCUT2D eigenvalue weighted by atomic mass is 35.5. The van der Waals surface area contributed by atoms with Crippen LogP contribution in [0, 0.1) is 10.1 Å². The van der Waals surface area contributed by atoms with E-state index in [4.69, 9.17) is 39.9 Å². The molecule has 7 heteroatoms. The Balaban J connectivity index is 3.56. The molecular weight excluding hydrogens is 240 g/mol. The van der Waals surface area contributed by atoms with Crippen molar-refractivity contribution in [1.82, 2.24) is 0 Å². The molecule has 1 aromatic rings. The van der Waals surface area contributed by atoms with E-state index in [1.807, 2.05) is 0 Å². The lowest BCUT2D eigenvalue weighted by atomic mass is 10.3. The fourth-order valence-corrected chi connectivity index (χ4v) is 1.42. The van der Waals surface area contributed by atoms with Crippen molar-refractivity contribution < 1.29 is 10.0 Å². The summed E-state index contributed by atoms with van der Waals surface area (Å²) in [6, 6.07) is 1.04. The normalized spacial score (nSPS) is 10.1. The van der Waals surface area contributed by atoms with Crippen molar-refractivity contribution in [3.63, 3.8) is 0 Å². The second-order valence-electron chi connectivity index (χ2n) is 2.11. The zero-order valence-corrected chi connectivity index (χ0v) is 8.19. The first kappa shape index (κ1) is 10.4. The summed E-state index contributed by atoms with van der Waals surface area (Å²) < 4.78 is 0. The molecule has 0 aliphatic carbocycles. The number of nitrogens with zero attached hydrogens (tertiary/aromatic N) is 1. The van der Waals surface area contributed by atoms with E-state index in [0.29, 0.717) is 0 Å². The molecule has 1 N–H and O–H groups in total. The molecule has 0 bridgehead atoms. The van der Waals surface area contributed by atoms with E-state index in [2.05, 4.69) is 0 Å². The van der Waals surface area contributed by atoms with Crippen LogP contribution in [-0.2, 0) is 0 Å². The SMILES string of the molecule is O=[N+]([O-])c1c(Cl)c(O)cc(Cl)c1Cl. The van der Waals surface area contributed by atoms with E-state index in [0.717, 1.165) is 6.07 Å². The van der Waals surface area contributed by atoms with Gasteiger partial charge in [0.05, 0.1) is 9.95 Å². The van der Waals surface area contributed by atoms with Gasteiger partial charge in [-0.2, -0.15) is 0 Å². The number of halogens is 3. The molecule has 0 heterocycles. The molecule has 0 radical (unpaired) electrons. The second-order valence-corrected chi connectivity index (χ2v) is 3.27. The van der Waals surface area contributed by atoms with Crippen LogP contribution in [0.3, 0.4) is 0 Å². The Morgan fingerprint density at radius 1 is 1.31 bits per heavy atom. The summed E-state index contributed by atoms with van der Waals surface area (Å²) >= 11 is 16.4. The van der Waals surface area contributed by atoms with Crippen molar-refractivity contribution in [2.75, 3.05) is 0 Å². The highest BCUT2D eigenvalue weighted by Crippen LogP contribution is 2.42. The smallest absolute Gasteiger partial charge is 0.311 e. The summed E-state index contributed by atoms with van der Waals surface area (Å²) in [5.41, 5.74) is -0.590. The van der Waals surface area contributed by atoms with Crippen molar-refractivity contribution >= 4 is 40.5 Å². The van der Waals surface area contributed by atoms with E-state index < -0.39 is 21.4 Å². The molecular formula is C6H2Cl3NO3. The third-order valence-corrected chi connectivity index (χ3v) is 2.45. The summed E-state index contributed by atoms with van der Waals surface area (Å²) in [6.07, 6.45) is 0. The number of rotatable bonds is 1. The minimum Gasteiger partial charge on any atom is -0.506 e. The number of nitro groups is 1. The van der Waals surface area contributed by atoms with Crippen LogP contribution < -0.4 is 0 Å². The van der Waals surface area contributed by atoms with Crippen LogP contribution in [0.4, 0.5) is 5.69 Å². The van der Waals surface area contributed by atoms with Gasteiger partial charge in [-0.3, -0.25) is 10.1 Å².